The summed E-state index contributed by atoms with van der Waals surface area (Å²) in [5.41, 5.74) is 10.4. The Hall–Kier alpha value is -4.67. The van der Waals surface area contributed by atoms with Gasteiger partial charge in [0.05, 0.1) is 84.0 Å². The second kappa shape index (κ2) is 50.5. The third-order valence-corrected chi connectivity index (χ3v) is 16.7. The summed E-state index contributed by atoms with van der Waals surface area (Å²) in [7, 11) is 3.18. The van der Waals surface area contributed by atoms with Crippen LogP contribution in [0.1, 0.15) is 218 Å². The van der Waals surface area contributed by atoms with Crippen molar-refractivity contribution in [2.45, 2.75) is 226 Å². The number of hydrogen-bond donors (Lipinski definition) is 4. The topological polar surface area (TPSA) is 251 Å². The van der Waals surface area contributed by atoms with Gasteiger partial charge in [0.25, 0.3) is 0 Å². The molecule has 5 rings (SSSR count). The molecule has 84 heavy (non-hydrogen) atoms. The van der Waals surface area contributed by atoms with Gasteiger partial charge in [-0.25, -0.2) is 14.3 Å². The van der Waals surface area contributed by atoms with Gasteiger partial charge in [-0.05, 0) is 92.4 Å². The summed E-state index contributed by atoms with van der Waals surface area (Å²) in [5, 5.41) is 23.0. The number of nitrogens with one attached hydrogen (secondary N) is 4. The molecule has 0 bridgehead atoms. The van der Waals surface area contributed by atoms with Crippen molar-refractivity contribution in [3.63, 3.8) is 0 Å². The normalized spacial score (nSPS) is 18.9. The number of rotatable bonds is 46. The van der Waals surface area contributed by atoms with Crippen LogP contribution in [-0.4, -0.2) is 139 Å². The van der Waals surface area contributed by atoms with E-state index >= 15 is 0 Å². The molecule has 0 spiro atoms. The van der Waals surface area contributed by atoms with E-state index < -0.39 is 0 Å². The Morgan fingerprint density at radius 3 is 1.39 bits per heavy atom. The molecular weight excluding hydrogens is 1070 g/mol. The average Bonchev–Trinajstić information content (AvgIpc) is 3.05. The van der Waals surface area contributed by atoms with Gasteiger partial charge < -0.3 is 49.7 Å². The van der Waals surface area contributed by atoms with E-state index in [1.807, 2.05) is 4.68 Å². The van der Waals surface area contributed by atoms with Gasteiger partial charge in [-0.1, -0.05) is 153 Å². The Morgan fingerprint density at radius 2 is 0.952 bits per heavy atom. The molecule has 0 radical (unpaired) electrons. The van der Waals surface area contributed by atoms with Gasteiger partial charge in [0.1, 0.15) is 0 Å². The summed E-state index contributed by atoms with van der Waals surface area (Å²) >= 11 is 0. The first kappa shape index (κ1) is 73.6. The third kappa shape index (κ3) is 36.4. The van der Waals surface area contributed by atoms with Crippen LogP contribution in [0.5, 0.6) is 0 Å². The van der Waals surface area contributed by atoms with Crippen LogP contribution in [-0.2, 0) is 57.4 Å². The lowest BCUT2D eigenvalue weighted by molar-refractivity contribution is -0.122. The molecule has 20 heteroatoms. The van der Waals surface area contributed by atoms with Crippen molar-refractivity contribution < 1.29 is 47.6 Å². The first-order valence-corrected chi connectivity index (χ1v) is 33.2. The highest BCUT2D eigenvalue weighted by Crippen LogP contribution is 2.53. The minimum atomic E-state index is -0.350. The number of fused-ring (bicyclic) bond motifs is 3. The van der Waals surface area contributed by atoms with E-state index in [-0.39, 0.29) is 24.0 Å². The molecule has 4 aliphatic carbocycles. The van der Waals surface area contributed by atoms with E-state index in [9.17, 15) is 19.2 Å². The SMILES string of the molecule is CCCCCCCCCCCCCC(=O)NCCOCCOCCN=[N+]=[N-].CCCCCCCCCCCCCC(=O)NCCOCCOCCn1nnc2c1CC[C@H]1[C@@H](CC2)[C@H]1COC(=O)NC.CNC(=O)OCC1[C@H]2CCC#CCC[C@@H]12. The van der Waals surface area contributed by atoms with Crippen LogP contribution in [0.2, 0.25) is 0 Å². The molecule has 1 heterocycles. The van der Waals surface area contributed by atoms with Crippen LogP contribution in [0, 0.1) is 47.3 Å². The van der Waals surface area contributed by atoms with Crippen molar-refractivity contribution in [2.75, 3.05) is 99.8 Å². The number of carbonyl (C=O) groups is 4. The lowest BCUT2D eigenvalue weighted by Crippen LogP contribution is -2.27. The van der Waals surface area contributed by atoms with Crippen molar-refractivity contribution in [1.82, 2.24) is 36.3 Å². The smallest absolute Gasteiger partial charge is 0.406 e. The van der Waals surface area contributed by atoms with Gasteiger partial charge in [0.2, 0.25) is 11.8 Å². The predicted octanol–water partition coefficient (Wildman–Crippen LogP) is 12.2. The van der Waals surface area contributed by atoms with Crippen LogP contribution in [0.3, 0.4) is 0 Å². The molecule has 0 saturated heterocycles. The van der Waals surface area contributed by atoms with Gasteiger partial charge >= 0.3 is 12.2 Å². The van der Waals surface area contributed by atoms with E-state index in [1.165, 1.54) is 134 Å². The average molecular weight is 1180 g/mol. The van der Waals surface area contributed by atoms with Crippen molar-refractivity contribution in [3.8, 4) is 11.8 Å². The summed E-state index contributed by atoms with van der Waals surface area (Å²) in [4.78, 5) is 48.7. The van der Waals surface area contributed by atoms with Crippen LogP contribution >= 0.6 is 0 Å². The van der Waals surface area contributed by atoms with Crippen LogP contribution < -0.4 is 21.3 Å². The molecule has 0 aromatic carbocycles. The maximum atomic E-state index is 12.0. The summed E-state index contributed by atoms with van der Waals surface area (Å²) in [5.74, 6) is 10.4. The Bertz CT molecular complexity index is 1960. The summed E-state index contributed by atoms with van der Waals surface area (Å²) < 4.78 is 34.3. The number of azide groups is 1. The van der Waals surface area contributed by atoms with Crippen molar-refractivity contribution in [1.29, 1.82) is 0 Å². The maximum Gasteiger partial charge on any atom is 0.406 e. The molecule has 1 aromatic heterocycles. The minimum absolute atomic E-state index is 0.111. The first-order valence-electron chi connectivity index (χ1n) is 33.2. The number of ether oxygens (including phenoxy) is 6. The van der Waals surface area contributed by atoms with Crippen molar-refractivity contribution >= 4 is 24.0 Å². The van der Waals surface area contributed by atoms with Crippen molar-refractivity contribution in [2.24, 2.45) is 40.6 Å². The molecular formula is C64H114N10O10. The monoisotopic (exact) mass is 1180 g/mol. The zero-order chi connectivity index (χ0) is 60.3. The number of aryl methyl sites for hydroxylation is 1. The summed E-state index contributed by atoms with van der Waals surface area (Å²) in [6.45, 7) is 11.6. The highest BCUT2D eigenvalue weighted by atomic mass is 16.6. The molecule has 2 saturated carbocycles. The number of amides is 4. The molecule has 4 aliphatic rings. The quantitative estimate of drug-likeness (QED) is 0.0156. The van der Waals surface area contributed by atoms with Gasteiger partial charge in [0.15, 0.2) is 0 Å². The van der Waals surface area contributed by atoms with E-state index in [4.69, 9.17) is 34.0 Å². The Labute approximate surface area is 506 Å². The van der Waals surface area contributed by atoms with Crippen LogP contribution in [0.25, 0.3) is 10.4 Å². The van der Waals surface area contributed by atoms with E-state index in [0.717, 1.165) is 81.7 Å². The molecule has 2 fully saturated rings. The Kier molecular flexibility index (Phi) is 44.2. The zero-order valence-electron chi connectivity index (χ0n) is 52.8. The molecule has 1 aromatic rings. The van der Waals surface area contributed by atoms with E-state index in [0.29, 0.717) is 129 Å². The zero-order valence-corrected chi connectivity index (χ0v) is 52.8. The second-order valence-corrected chi connectivity index (χ2v) is 23.1. The molecule has 6 atom stereocenters. The second-order valence-electron chi connectivity index (χ2n) is 23.1. The third-order valence-electron chi connectivity index (χ3n) is 16.7. The molecule has 1 unspecified atom stereocenters. The van der Waals surface area contributed by atoms with Gasteiger partial charge in [0, 0.05) is 64.3 Å². The number of nitrogens with zero attached hydrogens (tertiary/aromatic N) is 6. The molecule has 20 nitrogen and oxygen atoms in total. The van der Waals surface area contributed by atoms with Gasteiger partial charge in [-0.2, -0.15) is 0 Å². The fourth-order valence-electron chi connectivity index (χ4n) is 11.6. The lowest BCUT2D eigenvalue weighted by atomic mass is 10.0. The predicted molar refractivity (Wildman–Crippen MR) is 330 cm³/mol. The molecule has 480 valence electrons. The van der Waals surface area contributed by atoms with E-state index in [2.05, 4.69) is 67.3 Å². The standard InChI is InChI=1S/C32H57N5O5.C20H40N4O3.C12H17NO2/c1-3-4-5-6-7-8-9-10-11-12-13-14-31(38)34-19-21-40-23-24-41-22-20-37-30-18-16-27-26(15-17-29(30)35-36-37)28(27)25-42-32(39)33-2;1-2-3-4-5-6-7-8-9-10-11-12-13-20(25)22-14-16-26-18-19-27-17-15-23-24-21;1-13-12(14)15-8-11-9-6-4-2-3-5-7-10(9)11/h26-28H,3-25H2,1-2H3,(H,33,39)(H,34,38);2-19H2,1H3,(H,22,25);9-11H,4-8H2,1H3,(H,13,14)/t26-,27+,28-;;9-,10+,11?/m1../s1. The van der Waals surface area contributed by atoms with Gasteiger partial charge in [-0.15, -0.1) is 16.9 Å². The molecule has 4 N–H and O–H groups in total. The molecule has 0 aliphatic heterocycles. The highest BCUT2D eigenvalue weighted by molar-refractivity contribution is 5.76. The lowest BCUT2D eigenvalue weighted by Gasteiger charge is -2.11. The fourth-order valence-corrected chi connectivity index (χ4v) is 11.6. The minimum Gasteiger partial charge on any atom is -0.449 e. The van der Waals surface area contributed by atoms with Gasteiger partial charge in [-0.3, -0.25) is 9.59 Å². The first-order chi connectivity index (χ1) is 41.3. The van der Waals surface area contributed by atoms with Crippen molar-refractivity contribution in [3.05, 3.63) is 21.8 Å². The Morgan fingerprint density at radius 1 is 0.548 bits per heavy atom. The number of carbonyl (C=O) groups excluding carboxylic acids is 4. The Balaban J connectivity index is 0.000000373. The summed E-state index contributed by atoms with van der Waals surface area (Å²) in [6.07, 6.45) is 37.4. The van der Waals surface area contributed by atoms with E-state index in [1.54, 1.807) is 14.1 Å². The van der Waals surface area contributed by atoms with Crippen LogP contribution in [0.15, 0.2) is 5.11 Å². The highest BCUT2D eigenvalue weighted by Gasteiger charge is 2.51. The number of hydrogen-bond acceptors (Lipinski definition) is 13. The fraction of sp³-hybridized carbons (Fsp3) is 0.875. The van der Waals surface area contributed by atoms with Crippen LogP contribution in [0.4, 0.5) is 9.59 Å². The largest absolute Gasteiger partial charge is 0.449 e. The number of aromatic nitrogens is 3. The maximum absolute atomic E-state index is 12.0. The number of unbranched alkanes of at least 4 members (excludes halogenated alkanes) is 20. The molecule has 4 amide bonds. The summed E-state index contributed by atoms with van der Waals surface area (Å²) in [6, 6.07) is 0. The number of alkyl carbamates (subject to hydrolysis) is 2.